The molecule has 0 amide bonds. The Morgan fingerprint density at radius 1 is 0.957 bits per heavy atom. The van der Waals surface area contributed by atoms with Crippen molar-refractivity contribution < 1.29 is 8.42 Å². The SMILES string of the molecule is Cc1ccc(CCCNS(=O)(=O)Cc2ccc(Cl)c(Cl)c2)cc1. The molecule has 2 aromatic carbocycles. The Balaban J connectivity index is 1.81. The molecule has 0 radical (unpaired) electrons. The molecule has 2 aromatic rings. The molecular formula is C17H19Cl2NO2S. The van der Waals surface area contributed by atoms with Crippen LogP contribution in [-0.2, 0) is 22.2 Å². The molecule has 124 valence electrons. The lowest BCUT2D eigenvalue weighted by Crippen LogP contribution is -2.26. The molecule has 0 saturated carbocycles. The van der Waals surface area contributed by atoms with E-state index in [0.29, 0.717) is 22.2 Å². The van der Waals surface area contributed by atoms with Crippen molar-refractivity contribution in [1.29, 1.82) is 0 Å². The summed E-state index contributed by atoms with van der Waals surface area (Å²) in [6.45, 7) is 2.46. The van der Waals surface area contributed by atoms with E-state index < -0.39 is 10.0 Å². The Morgan fingerprint density at radius 3 is 2.26 bits per heavy atom. The van der Waals surface area contributed by atoms with Crippen molar-refractivity contribution in [1.82, 2.24) is 4.72 Å². The summed E-state index contributed by atoms with van der Waals surface area (Å²) in [5.74, 6) is -0.103. The molecule has 0 aliphatic rings. The van der Waals surface area contributed by atoms with Gasteiger partial charge in [0.15, 0.2) is 0 Å². The lowest BCUT2D eigenvalue weighted by Gasteiger charge is -2.08. The van der Waals surface area contributed by atoms with E-state index >= 15 is 0 Å². The van der Waals surface area contributed by atoms with Crippen LogP contribution in [0, 0.1) is 6.92 Å². The molecule has 0 aliphatic heterocycles. The van der Waals surface area contributed by atoms with E-state index in [1.54, 1.807) is 18.2 Å². The van der Waals surface area contributed by atoms with Crippen molar-refractivity contribution in [3.05, 3.63) is 69.2 Å². The molecule has 0 aliphatic carbocycles. The Kier molecular flexibility index (Phi) is 6.48. The van der Waals surface area contributed by atoms with Gasteiger partial charge < -0.3 is 0 Å². The van der Waals surface area contributed by atoms with Gasteiger partial charge in [0.2, 0.25) is 10.0 Å². The topological polar surface area (TPSA) is 46.2 Å². The highest BCUT2D eigenvalue weighted by Crippen LogP contribution is 2.23. The summed E-state index contributed by atoms with van der Waals surface area (Å²) in [5.41, 5.74) is 3.04. The Hall–Kier alpha value is -1.07. The van der Waals surface area contributed by atoms with Gasteiger partial charge in [0, 0.05) is 6.54 Å². The highest BCUT2D eigenvalue weighted by Gasteiger charge is 2.12. The van der Waals surface area contributed by atoms with Gasteiger partial charge in [-0.25, -0.2) is 13.1 Å². The van der Waals surface area contributed by atoms with Gasteiger partial charge in [-0.3, -0.25) is 0 Å². The van der Waals surface area contributed by atoms with Crippen LogP contribution < -0.4 is 4.72 Å². The summed E-state index contributed by atoms with van der Waals surface area (Å²) >= 11 is 11.7. The lowest BCUT2D eigenvalue weighted by molar-refractivity contribution is 0.578. The fraction of sp³-hybridized carbons (Fsp3) is 0.294. The van der Waals surface area contributed by atoms with Gasteiger partial charge in [0.05, 0.1) is 15.8 Å². The summed E-state index contributed by atoms with van der Waals surface area (Å²) in [7, 11) is -3.38. The first kappa shape index (κ1) is 18.3. The largest absolute Gasteiger partial charge is 0.215 e. The van der Waals surface area contributed by atoms with Crippen molar-refractivity contribution in [2.45, 2.75) is 25.5 Å². The number of benzene rings is 2. The average molecular weight is 372 g/mol. The number of hydrogen-bond donors (Lipinski definition) is 1. The third kappa shape index (κ3) is 6.15. The maximum Gasteiger partial charge on any atom is 0.215 e. The molecule has 0 unspecified atom stereocenters. The standard InChI is InChI=1S/C17H19Cl2NO2S/c1-13-4-6-14(7-5-13)3-2-10-20-23(21,22)12-15-8-9-16(18)17(19)11-15/h4-9,11,20H,2-3,10,12H2,1H3. The smallest absolute Gasteiger partial charge is 0.215 e. The van der Waals surface area contributed by atoms with E-state index in [9.17, 15) is 8.42 Å². The van der Waals surface area contributed by atoms with E-state index in [-0.39, 0.29) is 5.75 Å². The molecular weight excluding hydrogens is 353 g/mol. The second-order valence-corrected chi connectivity index (χ2v) is 8.11. The van der Waals surface area contributed by atoms with Crippen LogP contribution >= 0.6 is 23.2 Å². The lowest BCUT2D eigenvalue weighted by atomic mass is 10.1. The number of aryl methyl sites for hydroxylation is 2. The first-order valence-electron chi connectivity index (χ1n) is 7.32. The van der Waals surface area contributed by atoms with Crippen molar-refractivity contribution in [2.24, 2.45) is 0 Å². The molecule has 1 N–H and O–H groups in total. The minimum Gasteiger partial charge on any atom is -0.215 e. The molecule has 0 aromatic heterocycles. The Morgan fingerprint density at radius 2 is 1.61 bits per heavy atom. The maximum absolute atomic E-state index is 12.1. The van der Waals surface area contributed by atoms with Crippen LogP contribution in [0.1, 0.15) is 23.1 Å². The number of sulfonamides is 1. The van der Waals surface area contributed by atoms with Crippen LogP contribution in [0.4, 0.5) is 0 Å². The molecule has 3 nitrogen and oxygen atoms in total. The van der Waals surface area contributed by atoms with Crippen LogP contribution in [0.15, 0.2) is 42.5 Å². The van der Waals surface area contributed by atoms with Gasteiger partial charge >= 0.3 is 0 Å². The number of nitrogens with one attached hydrogen (secondary N) is 1. The van der Waals surface area contributed by atoms with Crippen LogP contribution in [-0.4, -0.2) is 15.0 Å². The third-order valence-corrected chi connectivity index (χ3v) is 5.52. The monoisotopic (exact) mass is 371 g/mol. The molecule has 0 bridgehead atoms. The fourth-order valence-corrected chi connectivity index (χ4v) is 3.67. The summed E-state index contributed by atoms with van der Waals surface area (Å²) in [4.78, 5) is 0. The van der Waals surface area contributed by atoms with Crippen molar-refractivity contribution in [3.8, 4) is 0 Å². The van der Waals surface area contributed by atoms with E-state index in [1.165, 1.54) is 11.1 Å². The van der Waals surface area contributed by atoms with Gasteiger partial charge in [0.1, 0.15) is 0 Å². The van der Waals surface area contributed by atoms with Crippen molar-refractivity contribution >= 4 is 33.2 Å². The van der Waals surface area contributed by atoms with Gasteiger partial charge in [-0.1, -0.05) is 59.1 Å². The molecule has 23 heavy (non-hydrogen) atoms. The van der Waals surface area contributed by atoms with E-state index in [0.717, 1.165) is 12.8 Å². The first-order chi connectivity index (χ1) is 10.9. The van der Waals surface area contributed by atoms with Gasteiger partial charge in [-0.15, -0.1) is 0 Å². The number of rotatable bonds is 7. The molecule has 2 rings (SSSR count). The van der Waals surface area contributed by atoms with Crippen molar-refractivity contribution in [2.75, 3.05) is 6.54 Å². The zero-order valence-corrected chi connectivity index (χ0v) is 15.2. The Labute approximate surface area is 147 Å². The highest BCUT2D eigenvalue weighted by atomic mass is 35.5. The summed E-state index contributed by atoms with van der Waals surface area (Å²) in [5, 5.41) is 0.776. The second kappa shape index (κ2) is 8.15. The van der Waals surface area contributed by atoms with E-state index in [4.69, 9.17) is 23.2 Å². The molecule has 0 fully saturated rings. The maximum atomic E-state index is 12.1. The van der Waals surface area contributed by atoms with Crippen LogP contribution in [0.3, 0.4) is 0 Å². The quantitative estimate of drug-likeness (QED) is 0.735. The highest BCUT2D eigenvalue weighted by molar-refractivity contribution is 7.88. The number of halogens is 2. The van der Waals surface area contributed by atoms with Crippen LogP contribution in [0.5, 0.6) is 0 Å². The molecule has 6 heteroatoms. The predicted octanol–water partition coefficient (Wildman–Crippen LogP) is 4.35. The van der Waals surface area contributed by atoms with E-state index in [2.05, 4.69) is 29.0 Å². The van der Waals surface area contributed by atoms with Gasteiger partial charge in [-0.05, 0) is 43.0 Å². The zero-order valence-electron chi connectivity index (χ0n) is 12.9. The minimum absolute atomic E-state index is 0.103. The zero-order chi connectivity index (χ0) is 16.9. The molecule has 0 heterocycles. The summed E-state index contributed by atoms with van der Waals surface area (Å²) in [6.07, 6.45) is 1.60. The molecule has 0 spiro atoms. The minimum atomic E-state index is -3.38. The third-order valence-electron chi connectivity index (χ3n) is 3.43. The predicted molar refractivity (Wildman–Crippen MR) is 96.6 cm³/mol. The Bertz CT molecular complexity index is 759. The summed E-state index contributed by atoms with van der Waals surface area (Å²) in [6, 6.07) is 13.1. The van der Waals surface area contributed by atoms with Crippen molar-refractivity contribution in [3.63, 3.8) is 0 Å². The normalized spacial score (nSPS) is 11.6. The second-order valence-electron chi connectivity index (χ2n) is 5.49. The summed E-state index contributed by atoms with van der Waals surface area (Å²) < 4.78 is 26.7. The van der Waals surface area contributed by atoms with E-state index in [1.807, 2.05) is 6.92 Å². The fourth-order valence-electron chi connectivity index (χ4n) is 2.17. The average Bonchev–Trinajstić information content (AvgIpc) is 2.49. The number of hydrogen-bond acceptors (Lipinski definition) is 2. The van der Waals surface area contributed by atoms with Crippen LogP contribution in [0.25, 0.3) is 0 Å². The molecule has 0 saturated heterocycles. The molecule has 0 atom stereocenters. The van der Waals surface area contributed by atoms with Gasteiger partial charge in [-0.2, -0.15) is 0 Å². The van der Waals surface area contributed by atoms with Crippen LogP contribution in [0.2, 0.25) is 10.0 Å². The first-order valence-corrected chi connectivity index (χ1v) is 9.73. The van der Waals surface area contributed by atoms with Gasteiger partial charge in [0.25, 0.3) is 0 Å².